The third-order valence-corrected chi connectivity index (χ3v) is 9.12. The maximum Gasteiger partial charge on any atom is 0.289 e. The van der Waals surface area contributed by atoms with Gasteiger partial charge < -0.3 is 21.3 Å². The second-order valence-electron chi connectivity index (χ2n) is 11.0. The number of nitrogens with one attached hydrogen (secondary N) is 2. The van der Waals surface area contributed by atoms with Crippen molar-refractivity contribution < 1.29 is 32.5 Å². The summed E-state index contributed by atoms with van der Waals surface area (Å²) in [4.78, 5) is 64.4. The molecule has 1 saturated heterocycles. The van der Waals surface area contributed by atoms with Crippen molar-refractivity contribution in [3.63, 3.8) is 0 Å². The van der Waals surface area contributed by atoms with Crippen LogP contribution in [0.3, 0.4) is 0 Å². The molecule has 44 heavy (non-hydrogen) atoms. The zero-order valence-electron chi connectivity index (χ0n) is 24.8. The van der Waals surface area contributed by atoms with E-state index >= 15 is 0 Å². The van der Waals surface area contributed by atoms with Crippen LogP contribution in [0.2, 0.25) is 0 Å². The molecule has 2 unspecified atom stereocenters. The Morgan fingerprint density at radius 1 is 1.00 bits per heavy atom. The molecule has 4 amide bonds. The topological polar surface area (TPSA) is 202 Å². The number of sulfonamides is 1. The molecule has 2 aromatic carbocycles. The molecule has 1 fully saturated rings. The van der Waals surface area contributed by atoms with Gasteiger partial charge in [0.1, 0.15) is 18.1 Å². The van der Waals surface area contributed by atoms with Crippen LogP contribution in [0, 0.1) is 16.0 Å². The molecule has 0 aromatic heterocycles. The maximum absolute atomic E-state index is 13.8. The Morgan fingerprint density at radius 2 is 1.64 bits per heavy atom. The first kappa shape index (κ1) is 34.1. The van der Waals surface area contributed by atoms with Crippen molar-refractivity contribution in [1.82, 2.24) is 19.8 Å². The van der Waals surface area contributed by atoms with Crippen LogP contribution >= 0.6 is 0 Å². The normalized spacial score (nSPS) is 20.1. The Bertz CT molecular complexity index is 1480. The first-order valence-corrected chi connectivity index (χ1v) is 15.6. The average Bonchev–Trinajstić information content (AvgIpc) is 2.97. The quantitative estimate of drug-likeness (QED) is 0.268. The Balaban J connectivity index is 2.09. The molecule has 1 aliphatic rings. The fraction of sp³-hybridized carbons (Fsp3) is 0.448. The number of nitro groups is 1. The van der Waals surface area contributed by atoms with Gasteiger partial charge in [-0.05, 0) is 37.3 Å². The molecule has 3 atom stereocenters. The van der Waals surface area contributed by atoms with Crippen LogP contribution < -0.4 is 16.4 Å². The number of para-hydroxylation sites is 1. The molecule has 1 heterocycles. The van der Waals surface area contributed by atoms with Crippen LogP contribution in [0.25, 0.3) is 0 Å². The summed E-state index contributed by atoms with van der Waals surface area (Å²) >= 11 is 0. The van der Waals surface area contributed by atoms with Gasteiger partial charge in [-0.15, -0.1) is 0 Å². The van der Waals surface area contributed by atoms with Gasteiger partial charge in [0.05, 0.1) is 11.5 Å². The number of carbonyl (C=O) groups excluding carboxylic acids is 4. The standard InChI is InChI=1S/C29H38N6O8S/c1-19(2)16-23-29(39)34(20(3)27(30)37)15-9-14-33(44(42,43)25-13-8-7-12-24(25)35(40)41)18-26(36)31-22(28(38)32-23)17-21-10-5-4-6-11-21/h4-8,10-13,19-20,22-23H,9,14-18H2,1-3H3,(H2,30,37)(H,31,36)(H,32,38)/t20-,22?,23?/m0/s1. The van der Waals surface area contributed by atoms with E-state index in [9.17, 15) is 37.7 Å². The van der Waals surface area contributed by atoms with Crippen LogP contribution in [-0.4, -0.2) is 83.9 Å². The number of rotatable bonds is 9. The van der Waals surface area contributed by atoms with Gasteiger partial charge in [-0.3, -0.25) is 29.3 Å². The first-order chi connectivity index (χ1) is 20.7. The highest BCUT2D eigenvalue weighted by Gasteiger charge is 2.37. The molecule has 14 nitrogen and oxygen atoms in total. The Kier molecular flexibility index (Phi) is 11.5. The summed E-state index contributed by atoms with van der Waals surface area (Å²) in [6, 6.07) is 10.2. The number of amides is 4. The van der Waals surface area contributed by atoms with E-state index in [-0.39, 0.29) is 38.3 Å². The highest BCUT2D eigenvalue weighted by Crippen LogP contribution is 2.26. The Labute approximate surface area is 256 Å². The van der Waals surface area contributed by atoms with E-state index in [1.807, 2.05) is 13.8 Å². The zero-order chi connectivity index (χ0) is 32.6. The van der Waals surface area contributed by atoms with E-state index in [1.54, 1.807) is 30.3 Å². The zero-order valence-corrected chi connectivity index (χ0v) is 25.7. The monoisotopic (exact) mass is 630 g/mol. The largest absolute Gasteiger partial charge is 0.368 e. The molecule has 1 aliphatic heterocycles. The van der Waals surface area contributed by atoms with E-state index in [0.717, 1.165) is 16.4 Å². The summed E-state index contributed by atoms with van der Waals surface area (Å²) in [7, 11) is -4.62. The van der Waals surface area contributed by atoms with E-state index < -0.39 is 73.8 Å². The second kappa shape index (κ2) is 14.9. The summed E-state index contributed by atoms with van der Waals surface area (Å²) in [6.07, 6.45) is 0.197. The van der Waals surface area contributed by atoms with Crippen molar-refractivity contribution in [2.24, 2.45) is 11.7 Å². The minimum atomic E-state index is -4.62. The fourth-order valence-electron chi connectivity index (χ4n) is 4.94. The van der Waals surface area contributed by atoms with Gasteiger partial charge in [0.2, 0.25) is 33.7 Å². The molecule has 238 valence electrons. The van der Waals surface area contributed by atoms with Crippen molar-refractivity contribution in [2.45, 2.75) is 63.1 Å². The lowest BCUT2D eigenvalue weighted by molar-refractivity contribution is -0.387. The number of nitrogens with two attached hydrogens (primary N) is 1. The van der Waals surface area contributed by atoms with E-state index in [2.05, 4.69) is 10.6 Å². The number of hydrogen-bond donors (Lipinski definition) is 3. The number of primary amides is 1. The molecule has 0 radical (unpaired) electrons. The summed E-state index contributed by atoms with van der Waals surface area (Å²) in [5, 5.41) is 17.0. The van der Waals surface area contributed by atoms with Crippen LogP contribution in [0.15, 0.2) is 59.5 Å². The van der Waals surface area contributed by atoms with Crippen molar-refractivity contribution >= 4 is 39.3 Å². The minimum Gasteiger partial charge on any atom is -0.368 e. The van der Waals surface area contributed by atoms with E-state index in [4.69, 9.17) is 5.73 Å². The molecule has 0 saturated carbocycles. The highest BCUT2D eigenvalue weighted by atomic mass is 32.2. The highest BCUT2D eigenvalue weighted by molar-refractivity contribution is 7.89. The molecule has 3 rings (SSSR count). The molecular formula is C29H38N6O8S. The molecule has 2 aromatic rings. The predicted molar refractivity (Wildman–Crippen MR) is 160 cm³/mol. The summed E-state index contributed by atoms with van der Waals surface area (Å²) in [5.74, 6) is -2.94. The number of hydrogen-bond acceptors (Lipinski definition) is 8. The summed E-state index contributed by atoms with van der Waals surface area (Å²) in [6.45, 7) is 3.90. The SMILES string of the molecule is CC(C)CC1NC(=O)C(Cc2ccccc2)NC(=O)CN(S(=O)(=O)c2ccccc2[N+](=O)[O-])CCCN([C@@H](C)C(N)=O)C1=O. The van der Waals surface area contributed by atoms with Gasteiger partial charge in [-0.2, -0.15) is 4.31 Å². The Hall–Kier alpha value is -4.37. The predicted octanol–water partition coefficient (Wildman–Crippen LogP) is 0.950. The number of nitro benzene ring substituents is 1. The van der Waals surface area contributed by atoms with Crippen molar-refractivity contribution in [3.05, 3.63) is 70.3 Å². The first-order valence-electron chi connectivity index (χ1n) is 14.2. The van der Waals surface area contributed by atoms with Crippen LogP contribution in [-0.2, 0) is 35.6 Å². The lowest BCUT2D eigenvalue weighted by Crippen LogP contribution is -2.58. The van der Waals surface area contributed by atoms with Gasteiger partial charge in [0, 0.05) is 25.6 Å². The van der Waals surface area contributed by atoms with Crippen molar-refractivity contribution in [3.8, 4) is 0 Å². The minimum absolute atomic E-state index is 0.0271. The maximum atomic E-state index is 13.8. The van der Waals surface area contributed by atoms with E-state index in [1.165, 1.54) is 24.0 Å². The lowest BCUT2D eigenvalue weighted by Gasteiger charge is -2.32. The number of benzene rings is 2. The lowest BCUT2D eigenvalue weighted by atomic mass is 10.00. The third kappa shape index (κ3) is 8.60. The smallest absolute Gasteiger partial charge is 0.289 e. The molecule has 0 spiro atoms. The number of carbonyl (C=O) groups is 4. The van der Waals surface area contributed by atoms with Gasteiger partial charge in [0.25, 0.3) is 5.69 Å². The second-order valence-corrected chi connectivity index (χ2v) is 12.9. The van der Waals surface area contributed by atoms with Gasteiger partial charge in [-0.25, -0.2) is 8.42 Å². The molecule has 15 heteroatoms. The average molecular weight is 631 g/mol. The molecule has 4 N–H and O–H groups in total. The van der Waals surface area contributed by atoms with Crippen LogP contribution in [0.4, 0.5) is 5.69 Å². The third-order valence-electron chi connectivity index (χ3n) is 7.22. The Morgan fingerprint density at radius 3 is 2.25 bits per heavy atom. The molecule has 0 aliphatic carbocycles. The van der Waals surface area contributed by atoms with Crippen molar-refractivity contribution in [1.29, 1.82) is 0 Å². The molecule has 0 bridgehead atoms. The summed E-state index contributed by atoms with van der Waals surface area (Å²) < 4.78 is 28.3. The van der Waals surface area contributed by atoms with Crippen LogP contribution in [0.1, 0.15) is 39.2 Å². The summed E-state index contributed by atoms with van der Waals surface area (Å²) in [5.41, 5.74) is 5.56. The molecular weight excluding hydrogens is 592 g/mol. The fourth-order valence-corrected chi connectivity index (χ4v) is 6.53. The van der Waals surface area contributed by atoms with E-state index in [0.29, 0.717) is 5.56 Å². The van der Waals surface area contributed by atoms with Crippen LogP contribution in [0.5, 0.6) is 0 Å². The van der Waals surface area contributed by atoms with Gasteiger partial charge >= 0.3 is 0 Å². The van der Waals surface area contributed by atoms with Gasteiger partial charge in [0.15, 0.2) is 4.90 Å². The van der Waals surface area contributed by atoms with Crippen molar-refractivity contribution in [2.75, 3.05) is 19.6 Å². The number of nitrogens with zero attached hydrogens (tertiary/aromatic N) is 3. The van der Waals surface area contributed by atoms with Gasteiger partial charge in [-0.1, -0.05) is 56.3 Å².